The zero-order valence-electron chi connectivity index (χ0n) is 18.9. The summed E-state index contributed by atoms with van der Waals surface area (Å²) in [6.07, 6.45) is -3.86. The van der Waals surface area contributed by atoms with Gasteiger partial charge in [0.2, 0.25) is 5.91 Å². The minimum Gasteiger partial charge on any atom is -0.311 e. The Kier molecular flexibility index (Phi) is 6.76. The lowest BCUT2D eigenvalue weighted by molar-refractivity contribution is -0.137. The van der Waals surface area contributed by atoms with E-state index >= 15 is 0 Å². The van der Waals surface area contributed by atoms with Crippen LogP contribution in [0.5, 0.6) is 0 Å². The van der Waals surface area contributed by atoms with E-state index < -0.39 is 11.7 Å². The number of nitrogens with zero attached hydrogens (tertiary/aromatic N) is 4. The van der Waals surface area contributed by atoms with Crippen LogP contribution in [0.25, 0.3) is 5.69 Å². The Labute approximate surface area is 185 Å². The standard InChI is InChI=1S/C23H28F3N5O/c1-14(2)13-30-17(5)18(16(4)29-30)10-11-22(32)27-21-12-15(3)28-31(21)20-9-7-6-8-19(20)23(24,25)26/h6-9,12,14H,10-11,13H2,1-5H3,(H,27,32). The number of alkyl halides is 3. The molecule has 3 aromatic rings. The predicted molar refractivity (Wildman–Crippen MR) is 117 cm³/mol. The highest BCUT2D eigenvalue weighted by atomic mass is 19.4. The molecule has 1 amide bonds. The van der Waals surface area contributed by atoms with Gasteiger partial charge in [0.15, 0.2) is 0 Å². The van der Waals surface area contributed by atoms with Crippen LogP contribution in [-0.4, -0.2) is 25.5 Å². The van der Waals surface area contributed by atoms with Crippen LogP contribution < -0.4 is 5.32 Å². The van der Waals surface area contributed by atoms with Gasteiger partial charge in [-0.05, 0) is 50.8 Å². The minimum absolute atomic E-state index is 0.134. The Hall–Kier alpha value is -3.10. The molecule has 0 spiro atoms. The Morgan fingerprint density at radius 1 is 1.12 bits per heavy atom. The van der Waals surface area contributed by atoms with Gasteiger partial charge in [-0.1, -0.05) is 26.0 Å². The van der Waals surface area contributed by atoms with Gasteiger partial charge in [0.05, 0.1) is 22.6 Å². The maximum Gasteiger partial charge on any atom is 0.418 e. The van der Waals surface area contributed by atoms with Crippen LogP contribution in [0.2, 0.25) is 0 Å². The predicted octanol–water partition coefficient (Wildman–Crippen LogP) is 5.24. The van der Waals surface area contributed by atoms with Gasteiger partial charge in [0, 0.05) is 24.7 Å². The maximum atomic E-state index is 13.5. The average Bonchev–Trinajstić information content (AvgIpc) is 3.18. The van der Waals surface area contributed by atoms with E-state index in [-0.39, 0.29) is 23.8 Å². The van der Waals surface area contributed by atoms with E-state index in [9.17, 15) is 18.0 Å². The summed E-state index contributed by atoms with van der Waals surface area (Å²) in [5, 5.41) is 11.5. The van der Waals surface area contributed by atoms with Gasteiger partial charge in [-0.15, -0.1) is 0 Å². The molecule has 172 valence electrons. The summed E-state index contributed by atoms with van der Waals surface area (Å²) in [4.78, 5) is 12.7. The molecule has 1 aromatic carbocycles. The molecule has 0 unspecified atom stereocenters. The topological polar surface area (TPSA) is 64.7 Å². The summed E-state index contributed by atoms with van der Waals surface area (Å²) in [7, 11) is 0. The molecule has 6 nitrogen and oxygen atoms in total. The van der Waals surface area contributed by atoms with E-state index in [1.54, 1.807) is 13.0 Å². The Morgan fingerprint density at radius 2 is 1.81 bits per heavy atom. The first-order chi connectivity index (χ1) is 15.0. The summed E-state index contributed by atoms with van der Waals surface area (Å²) in [5.41, 5.74) is 2.49. The lowest BCUT2D eigenvalue weighted by Gasteiger charge is -2.15. The van der Waals surface area contributed by atoms with E-state index in [0.717, 1.165) is 34.2 Å². The summed E-state index contributed by atoms with van der Waals surface area (Å²) in [6, 6.07) is 6.72. The summed E-state index contributed by atoms with van der Waals surface area (Å²) in [6.45, 7) is 10.6. The van der Waals surface area contributed by atoms with Gasteiger partial charge in [-0.3, -0.25) is 9.48 Å². The van der Waals surface area contributed by atoms with E-state index in [2.05, 4.69) is 29.4 Å². The van der Waals surface area contributed by atoms with Crippen molar-refractivity contribution in [2.24, 2.45) is 5.92 Å². The molecule has 2 heterocycles. The highest BCUT2D eigenvalue weighted by Gasteiger charge is 2.34. The number of halogens is 3. The van der Waals surface area contributed by atoms with E-state index in [0.29, 0.717) is 18.0 Å². The van der Waals surface area contributed by atoms with E-state index in [1.807, 2.05) is 18.5 Å². The molecule has 32 heavy (non-hydrogen) atoms. The normalized spacial score (nSPS) is 11.9. The third-order valence-corrected chi connectivity index (χ3v) is 5.21. The van der Waals surface area contributed by atoms with Crippen molar-refractivity contribution < 1.29 is 18.0 Å². The second kappa shape index (κ2) is 9.18. The number of hydrogen-bond donors (Lipinski definition) is 1. The van der Waals surface area contributed by atoms with Crippen LogP contribution in [0.4, 0.5) is 19.0 Å². The SMILES string of the molecule is Cc1cc(NC(=O)CCc2c(C)nn(CC(C)C)c2C)n(-c2ccccc2C(F)(F)F)n1. The molecule has 9 heteroatoms. The van der Waals surface area contributed by atoms with Gasteiger partial charge >= 0.3 is 6.18 Å². The first kappa shape index (κ1) is 23.6. The van der Waals surface area contributed by atoms with Gasteiger partial charge < -0.3 is 5.32 Å². The van der Waals surface area contributed by atoms with Crippen molar-refractivity contribution >= 4 is 11.7 Å². The third kappa shape index (κ3) is 5.20. The number of carbonyl (C=O) groups is 1. The van der Waals surface area contributed by atoms with Gasteiger partial charge in [-0.25, -0.2) is 4.68 Å². The van der Waals surface area contributed by atoms with Crippen molar-refractivity contribution in [1.29, 1.82) is 0 Å². The van der Waals surface area contributed by atoms with Crippen molar-refractivity contribution in [2.75, 3.05) is 5.32 Å². The fraction of sp³-hybridized carbons (Fsp3) is 0.435. The number of rotatable bonds is 7. The molecule has 0 bridgehead atoms. The second-order valence-corrected chi connectivity index (χ2v) is 8.37. The minimum atomic E-state index is -4.54. The number of aromatic nitrogens is 4. The monoisotopic (exact) mass is 447 g/mol. The molecule has 0 atom stereocenters. The number of nitrogens with one attached hydrogen (secondary N) is 1. The fourth-order valence-corrected chi connectivity index (χ4v) is 3.73. The lowest BCUT2D eigenvalue weighted by Crippen LogP contribution is -2.18. The van der Waals surface area contributed by atoms with E-state index in [4.69, 9.17) is 0 Å². The summed E-state index contributed by atoms with van der Waals surface area (Å²) in [5.74, 6) is 0.353. The molecular weight excluding hydrogens is 419 g/mol. The highest BCUT2D eigenvalue weighted by molar-refractivity contribution is 5.90. The summed E-state index contributed by atoms with van der Waals surface area (Å²) >= 11 is 0. The zero-order valence-corrected chi connectivity index (χ0v) is 18.9. The first-order valence-electron chi connectivity index (χ1n) is 10.5. The maximum absolute atomic E-state index is 13.5. The van der Waals surface area contributed by atoms with Gasteiger partial charge in [-0.2, -0.15) is 23.4 Å². The quantitative estimate of drug-likeness (QED) is 0.539. The molecule has 1 N–H and O–H groups in total. The van der Waals surface area contributed by atoms with E-state index in [1.165, 1.54) is 18.2 Å². The third-order valence-electron chi connectivity index (χ3n) is 5.21. The molecule has 0 aliphatic rings. The number of benzene rings is 1. The average molecular weight is 448 g/mol. The van der Waals surface area contributed by atoms with Crippen LogP contribution in [0.1, 0.15) is 48.5 Å². The molecule has 2 aromatic heterocycles. The Bertz CT molecular complexity index is 1110. The highest BCUT2D eigenvalue weighted by Crippen LogP contribution is 2.34. The molecule has 0 fully saturated rings. The molecule has 3 rings (SSSR count). The van der Waals surface area contributed by atoms with Crippen LogP contribution in [0.3, 0.4) is 0 Å². The molecule has 0 radical (unpaired) electrons. The first-order valence-corrected chi connectivity index (χ1v) is 10.5. The Balaban J connectivity index is 1.78. The van der Waals surface area contributed by atoms with Crippen molar-refractivity contribution in [3.05, 3.63) is 58.5 Å². The van der Waals surface area contributed by atoms with Crippen LogP contribution in [0.15, 0.2) is 30.3 Å². The molecule has 0 saturated heterocycles. The molecule has 0 saturated carbocycles. The number of para-hydroxylation sites is 1. The van der Waals surface area contributed by atoms with Crippen molar-refractivity contribution in [2.45, 2.75) is 60.2 Å². The van der Waals surface area contributed by atoms with Crippen molar-refractivity contribution in [3.63, 3.8) is 0 Å². The number of anilines is 1. The van der Waals surface area contributed by atoms with Crippen molar-refractivity contribution in [1.82, 2.24) is 19.6 Å². The lowest BCUT2D eigenvalue weighted by atomic mass is 10.1. The van der Waals surface area contributed by atoms with Gasteiger partial charge in [0.25, 0.3) is 0 Å². The number of carbonyl (C=O) groups excluding carboxylic acids is 1. The van der Waals surface area contributed by atoms with Crippen LogP contribution in [-0.2, 0) is 23.9 Å². The van der Waals surface area contributed by atoms with Crippen LogP contribution in [0, 0.1) is 26.7 Å². The zero-order chi connectivity index (χ0) is 23.6. The number of hydrogen-bond acceptors (Lipinski definition) is 3. The largest absolute Gasteiger partial charge is 0.418 e. The van der Waals surface area contributed by atoms with Gasteiger partial charge in [0.1, 0.15) is 5.82 Å². The second-order valence-electron chi connectivity index (χ2n) is 8.37. The number of amides is 1. The van der Waals surface area contributed by atoms with Crippen molar-refractivity contribution in [3.8, 4) is 5.69 Å². The summed E-state index contributed by atoms with van der Waals surface area (Å²) < 4.78 is 43.5. The van der Waals surface area contributed by atoms with Crippen LogP contribution >= 0.6 is 0 Å². The molecule has 0 aliphatic heterocycles. The molecule has 0 aliphatic carbocycles. The smallest absolute Gasteiger partial charge is 0.311 e. The Morgan fingerprint density at radius 3 is 2.47 bits per heavy atom. The fourth-order valence-electron chi connectivity index (χ4n) is 3.73. The molecular formula is C23H28F3N5O. The number of aryl methyl sites for hydroxylation is 2.